The van der Waals surface area contributed by atoms with Gasteiger partial charge in [-0.1, -0.05) is 24.4 Å². The van der Waals surface area contributed by atoms with Crippen molar-refractivity contribution >= 4 is 171 Å². The Morgan fingerprint density at radius 2 is 1.00 bits per heavy atom. The second-order valence-electron chi connectivity index (χ2n) is 23.5. The molecule has 1 saturated heterocycles. The van der Waals surface area contributed by atoms with Crippen LogP contribution in [0.2, 0.25) is 26.3 Å². The molecule has 578 valence electrons. The number of hydrogen-bond acceptors (Lipinski definition) is 35. The van der Waals surface area contributed by atoms with Crippen LogP contribution in [0.5, 0.6) is 24.0 Å². The van der Waals surface area contributed by atoms with Crippen molar-refractivity contribution in [1.82, 2.24) is 135 Å². The Morgan fingerprint density at radius 3 is 1.48 bits per heavy atom. The van der Waals surface area contributed by atoms with Gasteiger partial charge in [-0.15, -0.1) is 34.0 Å². The molecule has 2 aliphatic rings. The Hall–Kier alpha value is -11.5. The van der Waals surface area contributed by atoms with E-state index in [4.69, 9.17) is 76.6 Å². The van der Waals surface area contributed by atoms with Gasteiger partial charge in [0.1, 0.15) is 79.2 Å². The maximum atomic E-state index is 12.2. The van der Waals surface area contributed by atoms with Crippen LogP contribution in [0.1, 0.15) is 57.9 Å². The number of imidazole rings is 4. The Morgan fingerprint density at radius 1 is 0.509 bits per heavy atom. The first kappa shape index (κ1) is 77.3. The van der Waals surface area contributed by atoms with Crippen LogP contribution in [0.4, 0.5) is 42.3 Å². The highest BCUT2D eigenvalue weighted by atomic mass is 35.5. The summed E-state index contributed by atoms with van der Waals surface area (Å²) in [5.74, 6) is 4.15. The second kappa shape index (κ2) is 37.0. The van der Waals surface area contributed by atoms with E-state index in [0.29, 0.717) is 137 Å². The molecular weight excluding hydrogens is 1630 g/mol. The van der Waals surface area contributed by atoms with E-state index < -0.39 is 12.8 Å². The zero-order chi connectivity index (χ0) is 77.2. The summed E-state index contributed by atoms with van der Waals surface area (Å²) in [5.41, 5.74) is 5.99. The summed E-state index contributed by atoms with van der Waals surface area (Å²) in [6, 6.07) is 11.6. The molecule has 10 N–H and O–H groups in total. The lowest BCUT2D eigenvalue weighted by Gasteiger charge is -2.26. The zero-order valence-corrected chi connectivity index (χ0v) is 63.8. The molecule has 18 rings (SSSR count). The quantitative estimate of drug-likeness (QED) is 0.0188. The maximum absolute atomic E-state index is 12.2. The Balaban J connectivity index is 0.000000117. The van der Waals surface area contributed by atoms with Gasteiger partial charge in [0, 0.05) is 72.3 Å². The minimum atomic E-state index is -4.48. The normalized spacial score (nSPS) is 12.8. The van der Waals surface area contributed by atoms with Gasteiger partial charge in [-0.05, 0) is 89.4 Å². The number of halogens is 8. The van der Waals surface area contributed by atoms with Gasteiger partial charge >= 0.3 is 6.18 Å². The molecule has 0 aromatic carbocycles. The zero-order valence-electron chi connectivity index (χ0n) is 57.6. The number of nitrogens with zero attached hydrogens (tertiary/aromatic N) is 22. The molecule has 1 aliphatic heterocycles. The predicted octanol–water partition coefficient (Wildman–Crippen LogP) is 12.5. The standard InChI is InChI=1S/C15H17ClN6OS.C13H10ClN7OS2.C13H13ClN6O2.C12H9ClF3N7O.C11H9ClN6/c16-14-20-12(18-7-10-17-5-6-24-10)11-13(21-14)22-15(19-11)23-8-9-3-1-2-4-9;14-12-19-10(17-5-7-15-1-3-23-7)9-11(20-12)21-13(18-9)22-6-8-16-2-4-24-8;14-12-18-10(16-6-7-2-1-3-21-7)9-11(19-12)20-13(17-9)22-8-4-15-5-8;13-10-21-8(18-3-6-1-2-17-5-19-6)7-9(22-10)23-11(20-7)24-4-12(14,15)16;12-9-5-11(18-10(17-9)2-4-16-18)14-6-8-1-3-13-7-15-8/h5-6,9H,1-4,7-8H2,(H2,18,19,20,21,22);1-4H,5-6H2,(H2,17,18,19,20,21);1-3,8,15H,4-6H2,(H2,16,17,18,19,20);1-2,5H,3-4H2,(H2,18,20,21,22,23);1-5,7,14H,6H2. The van der Waals surface area contributed by atoms with Gasteiger partial charge in [0.05, 0.1) is 63.2 Å². The summed E-state index contributed by atoms with van der Waals surface area (Å²) in [6.45, 7) is 3.62. The van der Waals surface area contributed by atoms with Crippen LogP contribution in [-0.2, 0) is 39.3 Å². The topological polar surface area (TPSA) is 460 Å². The van der Waals surface area contributed by atoms with E-state index in [-0.39, 0.29) is 50.2 Å². The SMILES string of the molecule is Clc1cc(NCc2ccncn2)n2nccc2n1.Clc1nc(NCc2ccco2)c2[nH]c(OC3CNC3)nc2n1.Clc1nc(NCc2nccs2)c2[nH]c(OCC3CCCC3)nc2n1.Clc1nc(NCc2nccs2)c2[nH]c(OCc3nccs3)nc2n1.FC(F)(F)COc1nc2nc(Cl)nc(NCc3ccncn3)c2[nH]1. The largest absolute Gasteiger partial charge is 0.467 e. The summed E-state index contributed by atoms with van der Waals surface area (Å²) in [4.78, 5) is 94.1. The van der Waals surface area contributed by atoms with Crippen molar-refractivity contribution in [3.63, 3.8) is 0 Å². The molecule has 0 unspecified atom stereocenters. The number of aromatic amines is 4. The Bertz CT molecular complexity index is 5650. The molecule has 0 bridgehead atoms. The first-order valence-corrected chi connectivity index (χ1v) is 38.0. The molecule has 2 fully saturated rings. The molecule has 16 aromatic rings. The van der Waals surface area contributed by atoms with Gasteiger partial charge in [0.15, 0.2) is 58.1 Å². The fourth-order valence-electron chi connectivity index (χ4n) is 10.4. The van der Waals surface area contributed by atoms with Gasteiger partial charge in [-0.3, -0.25) is 0 Å². The predicted molar refractivity (Wildman–Crippen MR) is 411 cm³/mol. The van der Waals surface area contributed by atoms with Crippen molar-refractivity contribution in [1.29, 1.82) is 0 Å². The first-order valence-electron chi connectivity index (χ1n) is 33.5. The van der Waals surface area contributed by atoms with Crippen LogP contribution in [0.3, 0.4) is 0 Å². The Kier molecular flexibility index (Phi) is 25.6. The molecule has 0 atom stereocenters. The fourth-order valence-corrected chi connectivity index (χ4v) is 12.9. The van der Waals surface area contributed by atoms with E-state index in [1.807, 2.05) is 34.3 Å². The van der Waals surface area contributed by atoms with Crippen LogP contribution in [-0.4, -0.2) is 168 Å². The number of nitrogens with one attached hydrogen (secondary N) is 10. The molecule has 16 aromatic heterocycles. The number of ether oxygens (including phenoxy) is 4. The maximum Gasteiger partial charge on any atom is 0.422 e. The number of aromatic nitrogens is 26. The fraction of sp³-hybridized carbons (Fsp3) is 0.266. The first-order chi connectivity index (χ1) is 54.6. The van der Waals surface area contributed by atoms with Crippen molar-refractivity contribution in [2.45, 2.75) is 77.3 Å². The number of anilines is 5. The van der Waals surface area contributed by atoms with Crippen LogP contribution >= 0.6 is 92.0 Å². The van der Waals surface area contributed by atoms with Gasteiger partial charge in [-0.25, -0.2) is 39.9 Å². The minimum absolute atomic E-state index is 0.0809. The van der Waals surface area contributed by atoms with Gasteiger partial charge in [-0.2, -0.15) is 82.6 Å². The molecule has 1 aliphatic carbocycles. The molecule has 37 nitrogen and oxygen atoms in total. The lowest BCUT2D eigenvalue weighted by Crippen LogP contribution is -2.50. The number of hydrogen-bond donors (Lipinski definition) is 10. The van der Waals surface area contributed by atoms with Crippen molar-refractivity contribution in [2.75, 3.05) is 52.9 Å². The van der Waals surface area contributed by atoms with E-state index in [9.17, 15) is 13.2 Å². The molecule has 1 saturated carbocycles. The monoisotopic (exact) mass is 1680 g/mol. The minimum Gasteiger partial charge on any atom is -0.467 e. The lowest BCUT2D eigenvalue weighted by molar-refractivity contribution is -0.154. The van der Waals surface area contributed by atoms with E-state index in [1.54, 1.807) is 88.8 Å². The number of furan rings is 1. The second-order valence-corrected chi connectivity index (χ2v) is 28.1. The van der Waals surface area contributed by atoms with E-state index in [0.717, 1.165) is 45.4 Å². The van der Waals surface area contributed by atoms with E-state index >= 15 is 0 Å². The third-order valence-corrected chi connectivity index (χ3v) is 18.8. The highest BCUT2D eigenvalue weighted by molar-refractivity contribution is 7.10. The molecular formula is C64H58Cl5F3N32O5S3. The average Bonchev–Trinajstić information content (AvgIpc) is 1.68. The number of thiazole rings is 3. The van der Waals surface area contributed by atoms with Crippen molar-refractivity contribution in [2.24, 2.45) is 5.92 Å². The summed E-state index contributed by atoms with van der Waals surface area (Å²) >= 11 is 34.3. The Labute approximate surface area is 665 Å². The van der Waals surface area contributed by atoms with Gasteiger partial charge in [0.25, 0.3) is 24.0 Å². The van der Waals surface area contributed by atoms with Crippen molar-refractivity contribution in [3.05, 3.63) is 167 Å². The molecule has 0 radical (unpaired) electrons. The van der Waals surface area contributed by atoms with Crippen LogP contribution in [0.15, 0.2) is 113 Å². The number of fused-ring (bicyclic) bond motifs is 5. The molecule has 112 heavy (non-hydrogen) atoms. The summed E-state index contributed by atoms with van der Waals surface area (Å²) < 4.78 is 65.3. The van der Waals surface area contributed by atoms with E-state index in [2.05, 4.69) is 161 Å². The summed E-state index contributed by atoms with van der Waals surface area (Å²) in [7, 11) is 0. The molecule has 48 heteroatoms. The highest BCUT2D eigenvalue weighted by Crippen LogP contribution is 2.31. The number of H-pyrrole nitrogens is 4. The molecule has 17 heterocycles. The van der Waals surface area contributed by atoms with Crippen LogP contribution in [0, 0.1) is 5.92 Å². The molecule has 0 amide bonds. The lowest BCUT2D eigenvalue weighted by atomic mass is 10.1. The summed E-state index contributed by atoms with van der Waals surface area (Å²) in [5, 5.41) is 32.3. The third-order valence-electron chi connectivity index (χ3n) is 15.6. The smallest absolute Gasteiger partial charge is 0.422 e. The number of rotatable bonds is 25. The van der Waals surface area contributed by atoms with Gasteiger partial charge in [0.2, 0.25) is 21.1 Å². The van der Waals surface area contributed by atoms with Gasteiger partial charge < -0.3 is 75.2 Å². The number of alkyl halides is 3. The third kappa shape index (κ3) is 21.6. The molecule has 0 spiro atoms. The van der Waals surface area contributed by atoms with Crippen molar-refractivity contribution in [3.8, 4) is 24.0 Å². The van der Waals surface area contributed by atoms with E-state index in [1.165, 1.54) is 49.7 Å². The summed E-state index contributed by atoms with van der Waals surface area (Å²) in [6.07, 6.45) is 15.4. The highest BCUT2D eigenvalue weighted by Gasteiger charge is 2.30. The van der Waals surface area contributed by atoms with Crippen LogP contribution in [0.25, 0.3) is 50.3 Å². The van der Waals surface area contributed by atoms with Crippen LogP contribution < -0.4 is 50.8 Å². The average molecular weight is 1690 g/mol. The van der Waals surface area contributed by atoms with Crippen molar-refractivity contribution < 1.29 is 36.5 Å².